The first kappa shape index (κ1) is 17.7. The predicted octanol–water partition coefficient (Wildman–Crippen LogP) is 3.92. The van der Waals surface area contributed by atoms with E-state index in [4.69, 9.17) is 4.74 Å². The van der Waals surface area contributed by atoms with Gasteiger partial charge in [-0.2, -0.15) is 0 Å². The van der Waals surface area contributed by atoms with Crippen molar-refractivity contribution >= 4 is 17.6 Å². The van der Waals surface area contributed by atoms with Crippen LogP contribution in [0.15, 0.2) is 48.5 Å². The molecule has 1 amide bonds. The van der Waals surface area contributed by atoms with Crippen molar-refractivity contribution in [3.63, 3.8) is 0 Å². The number of amides is 1. The summed E-state index contributed by atoms with van der Waals surface area (Å²) in [6.07, 6.45) is 0. The topological polar surface area (TPSA) is 55.4 Å². The lowest BCUT2D eigenvalue weighted by Gasteiger charge is -2.19. The van der Waals surface area contributed by atoms with E-state index in [1.165, 1.54) is 18.2 Å². The van der Waals surface area contributed by atoms with E-state index in [1.807, 2.05) is 12.1 Å². The van der Waals surface area contributed by atoms with Gasteiger partial charge in [0.25, 0.3) is 5.91 Å². The largest absolute Gasteiger partial charge is 0.452 e. The van der Waals surface area contributed by atoms with Crippen molar-refractivity contribution in [3.8, 4) is 0 Å². The molecule has 0 radical (unpaired) electrons. The molecule has 0 aromatic heterocycles. The lowest BCUT2D eigenvalue weighted by Crippen LogP contribution is -2.21. The van der Waals surface area contributed by atoms with Gasteiger partial charge < -0.3 is 10.1 Å². The quantitative estimate of drug-likeness (QED) is 0.865. The summed E-state index contributed by atoms with van der Waals surface area (Å²) in [5, 5.41) is 2.63. The van der Waals surface area contributed by atoms with Gasteiger partial charge in [-0.15, -0.1) is 0 Å². The molecule has 2 rings (SSSR count). The zero-order valence-electron chi connectivity index (χ0n) is 13.9. The number of nitrogens with one attached hydrogen (secondary N) is 1. The van der Waals surface area contributed by atoms with Crippen molar-refractivity contribution in [2.75, 3.05) is 11.9 Å². The van der Waals surface area contributed by atoms with Crippen LogP contribution in [0.4, 0.5) is 10.1 Å². The summed E-state index contributed by atoms with van der Waals surface area (Å²) in [7, 11) is 0. The fourth-order valence-electron chi connectivity index (χ4n) is 2.09. The van der Waals surface area contributed by atoms with Crippen molar-refractivity contribution in [1.82, 2.24) is 0 Å². The van der Waals surface area contributed by atoms with Crippen molar-refractivity contribution in [1.29, 1.82) is 0 Å². The normalized spacial score (nSPS) is 11.0. The Morgan fingerprint density at radius 2 is 1.67 bits per heavy atom. The molecule has 2 aromatic rings. The maximum Gasteiger partial charge on any atom is 0.341 e. The number of anilines is 1. The van der Waals surface area contributed by atoms with Crippen LogP contribution >= 0.6 is 0 Å². The van der Waals surface area contributed by atoms with Crippen LogP contribution in [0.2, 0.25) is 0 Å². The molecule has 0 spiro atoms. The van der Waals surface area contributed by atoms with E-state index >= 15 is 0 Å². The highest BCUT2D eigenvalue weighted by molar-refractivity contribution is 5.95. The van der Waals surface area contributed by atoms with Crippen LogP contribution in [0, 0.1) is 5.82 Å². The highest BCUT2D eigenvalue weighted by atomic mass is 19.1. The molecule has 0 aliphatic heterocycles. The number of ether oxygens (including phenoxy) is 1. The summed E-state index contributed by atoms with van der Waals surface area (Å²) < 4.78 is 18.3. The average Bonchev–Trinajstić information content (AvgIpc) is 2.53. The van der Waals surface area contributed by atoms with Crippen LogP contribution in [0.25, 0.3) is 0 Å². The summed E-state index contributed by atoms with van der Waals surface area (Å²) in [6.45, 7) is 5.82. The SMILES string of the molecule is CC(C)(C)c1ccc(NC(=O)COC(=O)c2ccccc2F)cc1. The van der Waals surface area contributed by atoms with E-state index in [2.05, 4.69) is 26.1 Å². The zero-order chi connectivity index (χ0) is 17.7. The number of hydrogen-bond acceptors (Lipinski definition) is 3. The maximum atomic E-state index is 13.4. The van der Waals surface area contributed by atoms with E-state index in [1.54, 1.807) is 12.1 Å². The number of hydrogen-bond donors (Lipinski definition) is 1. The number of esters is 1. The Bertz CT molecular complexity index is 733. The predicted molar refractivity (Wildman–Crippen MR) is 90.5 cm³/mol. The second kappa shape index (κ2) is 7.25. The molecule has 0 atom stereocenters. The van der Waals surface area contributed by atoms with E-state index in [0.29, 0.717) is 5.69 Å². The zero-order valence-corrected chi connectivity index (χ0v) is 13.9. The first-order valence-electron chi connectivity index (χ1n) is 7.59. The average molecular weight is 329 g/mol. The fraction of sp³-hybridized carbons (Fsp3) is 0.263. The second-order valence-electron chi connectivity index (χ2n) is 6.43. The Balaban J connectivity index is 1.90. The van der Waals surface area contributed by atoms with E-state index < -0.39 is 24.3 Å². The minimum Gasteiger partial charge on any atom is -0.452 e. The monoisotopic (exact) mass is 329 g/mol. The number of halogens is 1. The maximum absolute atomic E-state index is 13.4. The number of rotatable bonds is 4. The van der Waals surface area contributed by atoms with Crippen molar-refractivity contribution in [2.24, 2.45) is 0 Å². The summed E-state index contributed by atoms with van der Waals surface area (Å²) in [4.78, 5) is 23.6. The minimum atomic E-state index is -0.869. The number of carbonyl (C=O) groups is 2. The van der Waals surface area contributed by atoms with Gasteiger partial charge in [0.2, 0.25) is 0 Å². The standard InChI is InChI=1S/C19H20FNO3/c1-19(2,3)13-8-10-14(11-9-13)21-17(22)12-24-18(23)15-6-4-5-7-16(15)20/h4-11H,12H2,1-3H3,(H,21,22). The summed E-state index contributed by atoms with van der Waals surface area (Å²) in [5.41, 5.74) is 1.58. The molecule has 4 nitrogen and oxygen atoms in total. The molecule has 0 saturated heterocycles. The Morgan fingerprint density at radius 3 is 2.25 bits per heavy atom. The van der Waals surface area contributed by atoms with Crippen LogP contribution in [-0.2, 0) is 14.9 Å². The van der Waals surface area contributed by atoms with Gasteiger partial charge in [-0.1, -0.05) is 45.0 Å². The molecule has 0 bridgehead atoms. The Hall–Kier alpha value is -2.69. The molecule has 0 fully saturated rings. The molecule has 126 valence electrons. The van der Waals surface area contributed by atoms with Gasteiger partial charge in [0, 0.05) is 5.69 Å². The molecule has 1 N–H and O–H groups in total. The molecule has 5 heteroatoms. The molecule has 0 aliphatic carbocycles. The summed E-state index contributed by atoms with van der Waals surface area (Å²) in [5.74, 6) is -2.03. The van der Waals surface area contributed by atoms with Gasteiger partial charge in [-0.05, 0) is 35.2 Å². The smallest absolute Gasteiger partial charge is 0.341 e. The first-order chi connectivity index (χ1) is 11.3. The highest BCUT2D eigenvalue weighted by Gasteiger charge is 2.15. The van der Waals surface area contributed by atoms with Gasteiger partial charge in [-0.25, -0.2) is 9.18 Å². The lowest BCUT2D eigenvalue weighted by molar-refractivity contribution is -0.119. The molecular formula is C19H20FNO3. The Morgan fingerprint density at radius 1 is 1.04 bits per heavy atom. The number of benzene rings is 2. The van der Waals surface area contributed by atoms with Crippen LogP contribution in [0.1, 0.15) is 36.7 Å². The first-order valence-corrected chi connectivity index (χ1v) is 7.59. The molecule has 24 heavy (non-hydrogen) atoms. The summed E-state index contributed by atoms with van der Waals surface area (Å²) in [6, 6.07) is 12.9. The molecule has 0 heterocycles. The fourth-order valence-corrected chi connectivity index (χ4v) is 2.09. The molecule has 0 aliphatic rings. The Labute approximate surface area is 140 Å². The summed E-state index contributed by atoms with van der Waals surface area (Å²) >= 11 is 0. The highest BCUT2D eigenvalue weighted by Crippen LogP contribution is 2.23. The Kier molecular flexibility index (Phi) is 5.34. The third kappa shape index (κ3) is 4.65. The molecule has 0 unspecified atom stereocenters. The lowest BCUT2D eigenvalue weighted by atomic mass is 9.87. The van der Waals surface area contributed by atoms with Gasteiger partial charge in [0.05, 0.1) is 5.56 Å². The van der Waals surface area contributed by atoms with Crippen LogP contribution < -0.4 is 5.32 Å². The van der Waals surface area contributed by atoms with Gasteiger partial charge in [0.15, 0.2) is 6.61 Å². The van der Waals surface area contributed by atoms with Crippen LogP contribution in [0.3, 0.4) is 0 Å². The van der Waals surface area contributed by atoms with Gasteiger partial charge in [-0.3, -0.25) is 4.79 Å². The van der Waals surface area contributed by atoms with Crippen molar-refractivity contribution in [3.05, 3.63) is 65.5 Å². The van der Waals surface area contributed by atoms with E-state index in [9.17, 15) is 14.0 Å². The van der Waals surface area contributed by atoms with Gasteiger partial charge in [0.1, 0.15) is 5.82 Å². The van der Waals surface area contributed by atoms with Crippen molar-refractivity contribution in [2.45, 2.75) is 26.2 Å². The van der Waals surface area contributed by atoms with E-state index in [-0.39, 0.29) is 11.0 Å². The third-order valence-electron chi connectivity index (χ3n) is 3.46. The van der Waals surface area contributed by atoms with Crippen molar-refractivity contribution < 1.29 is 18.7 Å². The molecular weight excluding hydrogens is 309 g/mol. The van der Waals surface area contributed by atoms with Gasteiger partial charge >= 0.3 is 5.97 Å². The molecule has 0 saturated carbocycles. The second-order valence-corrected chi connectivity index (χ2v) is 6.43. The molecule has 2 aromatic carbocycles. The van der Waals surface area contributed by atoms with Crippen LogP contribution in [0.5, 0.6) is 0 Å². The minimum absolute atomic E-state index is 0.0256. The number of carbonyl (C=O) groups excluding carboxylic acids is 2. The van der Waals surface area contributed by atoms with E-state index in [0.717, 1.165) is 11.6 Å². The van der Waals surface area contributed by atoms with Crippen LogP contribution in [-0.4, -0.2) is 18.5 Å². The third-order valence-corrected chi connectivity index (χ3v) is 3.46.